The van der Waals surface area contributed by atoms with E-state index in [-0.39, 0.29) is 16.6 Å². The van der Waals surface area contributed by atoms with Gasteiger partial charge in [-0.3, -0.25) is 9.59 Å². The molecule has 5 nitrogen and oxygen atoms in total. The van der Waals surface area contributed by atoms with E-state index in [2.05, 4.69) is 31.2 Å². The van der Waals surface area contributed by atoms with Gasteiger partial charge in [0.05, 0.1) is 0 Å². The Morgan fingerprint density at radius 1 is 0.958 bits per heavy atom. The van der Waals surface area contributed by atoms with Crippen LogP contribution in [0.1, 0.15) is 63.2 Å². The standard InChI is InChI=1S/C19H24N2O3/c1-18(2,3)13-9-7-12(8-10-13)16(22)17(23)20-15-11-14(24-21-15)19(4,5)6/h7-11H,1-6H3,(H,20,21,23). The lowest BCUT2D eigenvalue weighted by Gasteiger charge is -2.18. The van der Waals surface area contributed by atoms with Crippen LogP contribution in [0.3, 0.4) is 0 Å². The summed E-state index contributed by atoms with van der Waals surface area (Å²) in [6, 6.07) is 8.72. The smallest absolute Gasteiger partial charge is 0.298 e. The second-order valence-electron chi connectivity index (χ2n) is 7.94. The average molecular weight is 328 g/mol. The summed E-state index contributed by atoms with van der Waals surface area (Å²) < 4.78 is 5.19. The first-order chi connectivity index (χ1) is 11.0. The Morgan fingerprint density at radius 2 is 1.54 bits per heavy atom. The zero-order valence-corrected chi connectivity index (χ0v) is 15.1. The second-order valence-corrected chi connectivity index (χ2v) is 7.94. The molecule has 1 aromatic carbocycles. The first kappa shape index (κ1) is 17.9. The van der Waals surface area contributed by atoms with Crippen molar-refractivity contribution in [3.05, 3.63) is 47.2 Å². The van der Waals surface area contributed by atoms with Crippen molar-refractivity contribution in [1.82, 2.24) is 5.16 Å². The molecule has 0 saturated carbocycles. The van der Waals surface area contributed by atoms with Crippen LogP contribution in [-0.4, -0.2) is 16.8 Å². The first-order valence-electron chi connectivity index (χ1n) is 7.92. The molecule has 0 saturated heterocycles. The fourth-order valence-electron chi connectivity index (χ4n) is 2.11. The minimum atomic E-state index is -0.729. The number of aromatic nitrogens is 1. The highest BCUT2D eigenvalue weighted by Gasteiger charge is 2.23. The molecule has 2 aromatic rings. The molecule has 0 aliphatic carbocycles. The summed E-state index contributed by atoms with van der Waals surface area (Å²) in [5.41, 5.74) is 1.22. The molecule has 0 spiro atoms. The number of nitrogens with zero attached hydrogens (tertiary/aromatic N) is 1. The topological polar surface area (TPSA) is 72.2 Å². The molecule has 0 bridgehead atoms. The van der Waals surface area contributed by atoms with E-state index < -0.39 is 11.7 Å². The van der Waals surface area contributed by atoms with Crippen LogP contribution in [0, 0.1) is 0 Å². The number of benzene rings is 1. The number of ketones is 1. The number of carbonyl (C=O) groups excluding carboxylic acids is 2. The summed E-state index contributed by atoms with van der Waals surface area (Å²) in [6.07, 6.45) is 0. The van der Waals surface area contributed by atoms with Gasteiger partial charge in [-0.1, -0.05) is 71.0 Å². The molecular weight excluding hydrogens is 304 g/mol. The van der Waals surface area contributed by atoms with Crippen LogP contribution in [0.5, 0.6) is 0 Å². The number of hydrogen-bond donors (Lipinski definition) is 1. The predicted molar refractivity (Wildman–Crippen MR) is 93.3 cm³/mol. The minimum absolute atomic E-state index is 0.00605. The maximum absolute atomic E-state index is 12.2. The number of amides is 1. The van der Waals surface area contributed by atoms with Crippen molar-refractivity contribution >= 4 is 17.5 Å². The van der Waals surface area contributed by atoms with Gasteiger partial charge < -0.3 is 9.84 Å². The molecular formula is C19H24N2O3. The van der Waals surface area contributed by atoms with Crippen LogP contribution in [0.15, 0.2) is 34.9 Å². The minimum Gasteiger partial charge on any atom is -0.359 e. The van der Waals surface area contributed by atoms with Gasteiger partial charge in [0.15, 0.2) is 5.82 Å². The van der Waals surface area contributed by atoms with E-state index in [1.165, 1.54) is 0 Å². The fourth-order valence-corrected chi connectivity index (χ4v) is 2.11. The fraction of sp³-hybridized carbons (Fsp3) is 0.421. The van der Waals surface area contributed by atoms with Gasteiger partial charge in [-0.05, 0) is 11.0 Å². The van der Waals surface area contributed by atoms with E-state index in [1.807, 2.05) is 32.9 Å². The van der Waals surface area contributed by atoms with Gasteiger partial charge >= 0.3 is 0 Å². The normalized spacial score (nSPS) is 12.1. The van der Waals surface area contributed by atoms with E-state index in [0.717, 1.165) is 5.56 Å². The van der Waals surface area contributed by atoms with Crippen LogP contribution < -0.4 is 5.32 Å². The van der Waals surface area contributed by atoms with Crippen molar-refractivity contribution in [2.24, 2.45) is 0 Å². The van der Waals surface area contributed by atoms with E-state index >= 15 is 0 Å². The lowest BCUT2D eigenvalue weighted by molar-refractivity contribution is -0.112. The molecule has 128 valence electrons. The number of hydrogen-bond acceptors (Lipinski definition) is 4. The maximum Gasteiger partial charge on any atom is 0.298 e. The molecule has 2 rings (SSSR count). The Balaban J connectivity index is 2.10. The third-order valence-corrected chi connectivity index (χ3v) is 3.71. The van der Waals surface area contributed by atoms with Gasteiger partial charge in [0.2, 0.25) is 0 Å². The number of carbonyl (C=O) groups is 2. The molecule has 0 radical (unpaired) electrons. The molecule has 5 heteroatoms. The molecule has 0 atom stereocenters. The van der Waals surface area contributed by atoms with Crippen LogP contribution in [0.2, 0.25) is 0 Å². The second kappa shape index (κ2) is 6.23. The molecule has 1 aromatic heterocycles. The zero-order chi connectivity index (χ0) is 18.1. The van der Waals surface area contributed by atoms with Gasteiger partial charge in [0.25, 0.3) is 11.7 Å². The molecule has 0 unspecified atom stereocenters. The summed E-state index contributed by atoms with van der Waals surface area (Å²) in [6.45, 7) is 12.2. The number of nitrogens with one attached hydrogen (secondary N) is 1. The first-order valence-corrected chi connectivity index (χ1v) is 7.92. The SMILES string of the molecule is CC(C)(C)c1ccc(C(=O)C(=O)Nc2cc(C(C)(C)C)on2)cc1. The number of anilines is 1. The number of rotatable bonds is 3. The molecule has 0 aliphatic rings. The van der Waals surface area contributed by atoms with Crippen molar-refractivity contribution in [2.45, 2.75) is 52.4 Å². The summed E-state index contributed by atoms with van der Waals surface area (Å²) in [4.78, 5) is 24.4. The summed E-state index contributed by atoms with van der Waals surface area (Å²) in [5.74, 6) is -0.451. The van der Waals surface area contributed by atoms with Gasteiger partial charge in [-0.15, -0.1) is 0 Å². The van der Waals surface area contributed by atoms with Crippen LogP contribution in [0.4, 0.5) is 5.82 Å². The van der Waals surface area contributed by atoms with Crippen LogP contribution in [0.25, 0.3) is 0 Å². The van der Waals surface area contributed by atoms with E-state index in [1.54, 1.807) is 18.2 Å². The van der Waals surface area contributed by atoms with E-state index in [0.29, 0.717) is 11.3 Å². The third-order valence-electron chi connectivity index (χ3n) is 3.71. The summed E-state index contributed by atoms with van der Waals surface area (Å²) in [7, 11) is 0. The monoisotopic (exact) mass is 328 g/mol. The summed E-state index contributed by atoms with van der Waals surface area (Å²) >= 11 is 0. The van der Waals surface area contributed by atoms with Crippen molar-refractivity contribution in [2.75, 3.05) is 5.32 Å². The van der Waals surface area contributed by atoms with Crippen molar-refractivity contribution < 1.29 is 14.1 Å². The highest BCUT2D eigenvalue weighted by atomic mass is 16.5. The molecule has 0 aliphatic heterocycles. The lowest BCUT2D eigenvalue weighted by Crippen LogP contribution is -2.23. The molecule has 1 N–H and O–H groups in total. The third kappa shape index (κ3) is 4.10. The summed E-state index contributed by atoms with van der Waals surface area (Å²) in [5, 5.41) is 6.27. The predicted octanol–water partition coefficient (Wildman–Crippen LogP) is 4.09. The molecule has 1 heterocycles. The highest BCUT2D eigenvalue weighted by Crippen LogP contribution is 2.25. The Labute approximate surface area is 142 Å². The quantitative estimate of drug-likeness (QED) is 0.680. The van der Waals surface area contributed by atoms with E-state index in [9.17, 15) is 9.59 Å². The Morgan fingerprint density at radius 3 is 2.00 bits per heavy atom. The van der Waals surface area contributed by atoms with E-state index in [4.69, 9.17) is 4.52 Å². The van der Waals surface area contributed by atoms with Gasteiger partial charge in [0, 0.05) is 17.0 Å². The zero-order valence-electron chi connectivity index (χ0n) is 15.1. The van der Waals surface area contributed by atoms with Gasteiger partial charge in [0.1, 0.15) is 5.76 Å². The van der Waals surface area contributed by atoms with Crippen molar-refractivity contribution in [1.29, 1.82) is 0 Å². The Bertz CT molecular complexity index is 744. The average Bonchev–Trinajstić information content (AvgIpc) is 2.94. The van der Waals surface area contributed by atoms with Crippen LogP contribution >= 0.6 is 0 Å². The van der Waals surface area contributed by atoms with Gasteiger partial charge in [-0.2, -0.15) is 0 Å². The molecule has 24 heavy (non-hydrogen) atoms. The highest BCUT2D eigenvalue weighted by molar-refractivity contribution is 6.46. The number of Topliss-reactive ketones (excluding diaryl/α,β-unsaturated/α-hetero) is 1. The Hall–Kier alpha value is -2.43. The van der Waals surface area contributed by atoms with Crippen molar-refractivity contribution in [3.63, 3.8) is 0 Å². The Kier molecular flexibility index (Phi) is 4.65. The van der Waals surface area contributed by atoms with Gasteiger partial charge in [-0.25, -0.2) is 0 Å². The lowest BCUT2D eigenvalue weighted by atomic mass is 9.86. The largest absolute Gasteiger partial charge is 0.359 e. The molecule has 1 amide bonds. The molecule has 0 fully saturated rings. The van der Waals surface area contributed by atoms with Crippen molar-refractivity contribution in [3.8, 4) is 0 Å². The van der Waals surface area contributed by atoms with Crippen LogP contribution in [-0.2, 0) is 15.6 Å². The maximum atomic E-state index is 12.2.